The second kappa shape index (κ2) is 3.68. The van der Waals surface area contributed by atoms with Crippen molar-refractivity contribution >= 4 is 23.2 Å². The maximum Gasteiger partial charge on any atom is 0.0514 e. The lowest BCUT2D eigenvalue weighted by molar-refractivity contribution is 1.38. The molecule has 14 heavy (non-hydrogen) atoms. The van der Waals surface area contributed by atoms with E-state index in [1.165, 1.54) is 0 Å². The van der Waals surface area contributed by atoms with E-state index >= 15 is 0 Å². The Morgan fingerprint density at radius 2 is 1.79 bits per heavy atom. The van der Waals surface area contributed by atoms with Gasteiger partial charge < -0.3 is 4.98 Å². The number of H-pyrrole nitrogens is 1. The number of rotatable bonds is 1. The molecule has 1 heterocycles. The van der Waals surface area contributed by atoms with E-state index in [4.69, 9.17) is 23.2 Å². The minimum Gasteiger partial charge on any atom is -0.361 e. The molecule has 0 radical (unpaired) electrons. The highest BCUT2D eigenvalue weighted by Crippen LogP contribution is 2.33. The molecule has 2 aromatic rings. The zero-order valence-corrected chi connectivity index (χ0v) is 9.15. The van der Waals surface area contributed by atoms with Gasteiger partial charge in [-0.2, -0.15) is 0 Å². The van der Waals surface area contributed by atoms with E-state index in [-0.39, 0.29) is 0 Å². The second-order valence-corrected chi connectivity index (χ2v) is 4.00. The van der Waals surface area contributed by atoms with Crippen LogP contribution in [0.5, 0.6) is 0 Å². The normalized spacial score (nSPS) is 10.5. The van der Waals surface area contributed by atoms with Crippen molar-refractivity contribution in [2.45, 2.75) is 6.92 Å². The summed E-state index contributed by atoms with van der Waals surface area (Å²) in [5, 5.41) is 1.33. The van der Waals surface area contributed by atoms with E-state index in [0.29, 0.717) is 10.0 Å². The highest BCUT2D eigenvalue weighted by atomic mass is 35.5. The summed E-state index contributed by atoms with van der Waals surface area (Å²) in [4.78, 5) is 3.13. The largest absolute Gasteiger partial charge is 0.361 e. The molecule has 0 aliphatic carbocycles. The number of aromatic amines is 1. The van der Waals surface area contributed by atoms with Gasteiger partial charge >= 0.3 is 0 Å². The summed E-state index contributed by atoms with van der Waals surface area (Å²) in [5.74, 6) is 0. The number of benzene rings is 1. The average Bonchev–Trinajstić information content (AvgIpc) is 2.51. The summed E-state index contributed by atoms with van der Waals surface area (Å²) in [7, 11) is 0. The van der Waals surface area contributed by atoms with Crippen LogP contribution in [0, 0.1) is 6.92 Å². The van der Waals surface area contributed by atoms with E-state index in [2.05, 4.69) is 4.98 Å². The van der Waals surface area contributed by atoms with E-state index in [1.54, 1.807) is 0 Å². The molecule has 0 bridgehead atoms. The molecular weight excluding hydrogens is 217 g/mol. The molecule has 0 atom stereocenters. The number of halogens is 2. The van der Waals surface area contributed by atoms with Gasteiger partial charge in [-0.1, -0.05) is 29.3 Å². The molecule has 0 aliphatic rings. The van der Waals surface area contributed by atoms with Crippen molar-refractivity contribution in [3.63, 3.8) is 0 Å². The Hall–Kier alpha value is -0.920. The average molecular weight is 226 g/mol. The Balaban J connectivity index is 2.61. The molecular formula is C11H9Cl2N. The van der Waals surface area contributed by atoms with E-state index < -0.39 is 0 Å². The van der Waals surface area contributed by atoms with Gasteiger partial charge in [0.1, 0.15) is 0 Å². The smallest absolute Gasteiger partial charge is 0.0514 e. The Morgan fingerprint density at radius 3 is 2.29 bits per heavy atom. The zero-order valence-electron chi connectivity index (χ0n) is 7.64. The van der Waals surface area contributed by atoms with Crippen LogP contribution in [0.2, 0.25) is 10.0 Å². The van der Waals surface area contributed by atoms with Gasteiger partial charge in [-0.15, -0.1) is 0 Å². The molecule has 2 rings (SSSR count). The van der Waals surface area contributed by atoms with Crippen LogP contribution in [0.3, 0.4) is 0 Å². The van der Waals surface area contributed by atoms with Crippen molar-refractivity contribution in [3.8, 4) is 11.3 Å². The minimum atomic E-state index is 0.666. The first-order valence-electron chi connectivity index (χ1n) is 4.28. The fourth-order valence-corrected chi connectivity index (χ4v) is 2.00. The van der Waals surface area contributed by atoms with Crippen molar-refractivity contribution < 1.29 is 0 Å². The third-order valence-corrected chi connectivity index (χ3v) is 2.69. The summed E-state index contributed by atoms with van der Waals surface area (Å²) in [6.45, 7) is 2.02. The lowest BCUT2D eigenvalue weighted by Gasteiger charge is -2.03. The molecule has 0 spiro atoms. The lowest BCUT2D eigenvalue weighted by atomic mass is 10.1. The molecule has 0 fully saturated rings. The van der Waals surface area contributed by atoms with Gasteiger partial charge in [-0.25, -0.2) is 0 Å². The van der Waals surface area contributed by atoms with Crippen LogP contribution in [-0.4, -0.2) is 4.98 Å². The van der Waals surface area contributed by atoms with Gasteiger partial charge in [-0.05, 0) is 30.7 Å². The number of aromatic nitrogens is 1. The van der Waals surface area contributed by atoms with Crippen LogP contribution in [0.25, 0.3) is 11.3 Å². The van der Waals surface area contributed by atoms with Gasteiger partial charge in [0.15, 0.2) is 0 Å². The van der Waals surface area contributed by atoms with Gasteiger partial charge in [0.25, 0.3) is 0 Å². The summed E-state index contributed by atoms with van der Waals surface area (Å²) >= 11 is 12.1. The second-order valence-electron chi connectivity index (χ2n) is 3.19. The third kappa shape index (κ3) is 1.66. The summed E-state index contributed by atoms with van der Waals surface area (Å²) in [6.07, 6.45) is 1.93. The van der Waals surface area contributed by atoms with Crippen molar-refractivity contribution in [1.82, 2.24) is 4.98 Å². The van der Waals surface area contributed by atoms with Crippen LogP contribution >= 0.6 is 23.2 Å². The number of aryl methyl sites for hydroxylation is 1. The highest BCUT2D eigenvalue weighted by molar-refractivity contribution is 6.39. The first kappa shape index (κ1) is 9.63. The SMILES string of the molecule is Cc1c[nH]c(-c2c(Cl)cccc2Cl)c1. The Morgan fingerprint density at radius 1 is 1.14 bits per heavy atom. The predicted molar refractivity (Wildman–Crippen MR) is 61.0 cm³/mol. The number of hydrogen-bond donors (Lipinski definition) is 1. The molecule has 1 aromatic carbocycles. The van der Waals surface area contributed by atoms with Crippen LogP contribution in [0.4, 0.5) is 0 Å². The Labute approximate surface area is 92.7 Å². The molecule has 0 saturated heterocycles. The minimum absolute atomic E-state index is 0.666. The third-order valence-electron chi connectivity index (χ3n) is 2.06. The molecule has 0 aliphatic heterocycles. The lowest BCUT2D eigenvalue weighted by Crippen LogP contribution is -1.80. The van der Waals surface area contributed by atoms with Crippen molar-refractivity contribution in [3.05, 3.63) is 46.1 Å². The van der Waals surface area contributed by atoms with Gasteiger partial charge in [-0.3, -0.25) is 0 Å². The first-order chi connectivity index (χ1) is 6.68. The first-order valence-corrected chi connectivity index (χ1v) is 5.03. The van der Waals surface area contributed by atoms with Crippen molar-refractivity contribution in [2.75, 3.05) is 0 Å². The van der Waals surface area contributed by atoms with Crippen LogP contribution in [0.15, 0.2) is 30.5 Å². The van der Waals surface area contributed by atoms with Gasteiger partial charge in [0, 0.05) is 17.5 Å². The van der Waals surface area contributed by atoms with Gasteiger partial charge in [0.2, 0.25) is 0 Å². The highest BCUT2D eigenvalue weighted by Gasteiger charge is 2.08. The summed E-state index contributed by atoms with van der Waals surface area (Å²) < 4.78 is 0. The molecule has 1 N–H and O–H groups in total. The fourth-order valence-electron chi connectivity index (χ4n) is 1.40. The van der Waals surface area contributed by atoms with Crippen LogP contribution < -0.4 is 0 Å². The molecule has 3 heteroatoms. The fraction of sp³-hybridized carbons (Fsp3) is 0.0909. The number of hydrogen-bond acceptors (Lipinski definition) is 0. The van der Waals surface area contributed by atoms with Crippen molar-refractivity contribution in [2.24, 2.45) is 0 Å². The predicted octanol–water partition coefficient (Wildman–Crippen LogP) is 4.30. The van der Waals surface area contributed by atoms with E-state index in [1.807, 2.05) is 37.4 Å². The standard InChI is InChI=1S/C11H9Cl2N/c1-7-5-10(14-6-7)11-8(12)3-2-4-9(11)13/h2-6,14H,1H3. The van der Waals surface area contributed by atoms with Crippen molar-refractivity contribution in [1.29, 1.82) is 0 Å². The molecule has 72 valence electrons. The topological polar surface area (TPSA) is 15.8 Å². The molecule has 0 unspecified atom stereocenters. The molecule has 1 aromatic heterocycles. The number of nitrogens with one attached hydrogen (secondary N) is 1. The molecule has 0 amide bonds. The van der Waals surface area contributed by atoms with Crippen LogP contribution in [-0.2, 0) is 0 Å². The molecule has 0 saturated carbocycles. The van der Waals surface area contributed by atoms with E-state index in [9.17, 15) is 0 Å². The summed E-state index contributed by atoms with van der Waals surface area (Å²) in [6, 6.07) is 7.52. The maximum absolute atomic E-state index is 6.07. The molecule has 1 nitrogen and oxygen atoms in total. The summed E-state index contributed by atoms with van der Waals surface area (Å²) in [5.41, 5.74) is 2.98. The van der Waals surface area contributed by atoms with E-state index in [0.717, 1.165) is 16.8 Å². The zero-order chi connectivity index (χ0) is 10.1. The van der Waals surface area contributed by atoms with Crippen LogP contribution in [0.1, 0.15) is 5.56 Å². The Bertz CT molecular complexity index is 440. The maximum atomic E-state index is 6.07. The monoisotopic (exact) mass is 225 g/mol. The van der Waals surface area contributed by atoms with Gasteiger partial charge in [0.05, 0.1) is 10.0 Å². The Kier molecular flexibility index (Phi) is 2.53. The quantitative estimate of drug-likeness (QED) is 0.746.